The number of nitro benzene ring substituents is 1. The minimum atomic E-state index is -0.436. The van der Waals surface area contributed by atoms with Crippen LogP contribution in [0.5, 0.6) is 5.88 Å². The molecule has 0 unspecified atom stereocenters. The second-order valence-electron chi connectivity index (χ2n) is 7.69. The number of aromatic nitrogens is 2. The van der Waals surface area contributed by atoms with Crippen molar-refractivity contribution in [1.82, 2.24) is 9.97 Å². The second kappa shape index (κ2) is 11.4. The standard InChI is InChI=1S/C15H20N2O2.C9H5ClN2O2/c1-11(2)10-18-7-8-19-15-6-3-12-9-13(16)4-5-14(12)17-15;10-9-4-1-6-5-7(12(13)14)2-3-8(6)11-9/h3-6,9,11H,7-8,10,16H2,1-2H3;1-5H. The van der Waals surface area contributed by atoms with Gasteiger partial charge in [0.05, 0.1) is 22.6 Å². The molecule has 33 heavy (non-hydrogen) atoms. The molecule has 2 N–H and O–H groups in total. The number of rotatable bonds is 7. The summed E-state index contributed by atoms with van der Waals surface area (Å²) in [6.07, 6.45) is 0. The Bertz CT molecular complexity index is 1250. The van der Waals surface area contributed by atoms with Crippen LogP contribution in [0.2, 0.25) is 5.15 Å². The van der Waals surface area contributed by atoms with Gasteiger partial charge < -0.3 is 15.2 Å². The second-order valence-corrected chi connectivity index (χ2v) is 8.07. The molecule has 0 fully saturated rings. The van der Waals surface area contributed by atoms with Crippen LogP contribution in [0.15, 0.2) is 60.7 Å². The van der Waals surface area contributed by atoms with E-state index in [4.69, 9.17) is 26.8 Å². The SMILES string of the molecule is CC(C)COCCOc1ccc2cc(N)ccc2n1.O=[N+]([O-])c1ccc2nc(Cl)ccc2c1. The largest absolute Gasteiger partial charge is 0.475 e. The average molecular weight is 469 g/mol. The molecule has 0 atom stereocenters. The Morgan fingerprint density at radius 3 is 2.42 bits per heavy atom. The van der Waals surface area contributed by atoms with E-state index in [0.29, 0.717) is 41.1 Å². The first-order valence-corrected chi connectivity index (χ1v) is 10.8. The highest BCUT2D eigenvalue weighted by Gasteiger charge is 2.06. The normalized spacial score (nSPS) is 10.8. The van der Waals surface area contributed by atoms with Crippen LogP contribution in [0, 0.1) is 16.0 Å². The van der Waals surface area contributed by atoms with Crippen molar-refractivity contribution >= 4 is 44.8 Å². The number of pyridine rings is 2. The van der Waals surface area contributed by atoms with Gasteiger partial charge in [0.15, 0.2) is 0 Å². The van der Waals surface area contributed by atoms with E-state index < -0.39 is 4.92 Å². The van der Waals surface area contributed by atoms with Crippen molar-refractivity contribution in [1.29, 1.82) is 0 Å². The van der Waals surface area contributed by atoms with Gasteiger partial charge in [-0.15, -0.1) is 0 Å². The molecular weight excluding hydrogens is 444 g/mol. The third kappa shape index (κ3) is 7.27. The first-order chi connectivity index (χ1) is 15.8. The van der Waals surface area contributed by atoms with E-state index in [-0.39, 0.29) is 5.69 Å². The first kappa shape index (κ1) is 24.2. The number of nitrogens with zero attached hydrogens (tertiary/aromatic N) is 3. The summed E-state index contributed by atoms with van der Waals surface area (Å²) in [5.41, 5.74) is 8.06. The van der Waals surface area contributed by atoms with Crippen LogP contribution >= 0.6 is 11.6 Å². The van der Waals surface area contributed by atoms with Gasteiger partial charge in [0.25, 0.3) is 5.69 Å². The Morgan fingerprint density at radius 1 is 0.970 bits per heavy atom. The summed E-state index contributed by atoms with van der Waals surface area (Å²) in [6, 6.07) is 17.2. The summed E-state index contributed by atoms with van der Waals surface area (Å²) in [4.78, 5) is 18.5. The highest BCUT2D eigenvalue weighted by molar-refractivity contribution is 6.29. The zero-order valence-corrected chi connectivity index (χ0v) is 19.2. The number of hydrogen-bond acceptors (Lipinski definition) is 7. The molecule has 9 heteroatoms. The molecule has 0 spiro atoms. The highest BCUT2D eigenvalue weighted by Crippen LogP contribution is 2.21. The Hall–Kier alpha value is -3.49. The predicted octanol–water partition coefficient (Wildman–Crippen LogP) is 5.66. The van der Waals surface area contributed by atoms with Gasteiger partial charge >= 0.3 is 0 Å². The van der Waals surface area contributed by atoms with Gasteiger partial charge in [-0.3, -0.25) is 10.1 Å². The number of hydrogen-bond donors (Lipinski definition) is 1. The molecule has 0 saturated carbocycles. The fourth-order valence-electron chi connectivity index (χ4n) is 2.93. The minimum Gasteiger partial charge on any atom is -0.475 e. The summed E-state index contributed by atoms with van der Waals surface area (Å²) in [7, 11) is 0. The lowest BCUT2D eigenvalue weighted by molar-refractivity contribution is -0.384. The van der Waals surface area contributed by atoms with Gasteiger partial charge in [0.2, 0.25) is 5.88 Å². The molecule has 4 rings (SSSR count). The maximum atomic E-state index is 10.5. The smallest absolute Gasteiger partial charge is 0.270 e. The number of ether oxygens (including phenoxy) is 2. The van der Waals surface area contributed by atoms with E-state index in [1.165, 1.54) is 12.1 Å². The number of nitro groups is 1. The summed E-state index contributed by atoms with van der Waals surface area (Å²) < 4.78 is 11.0. The molecule has 0 aliphatic carbocycles. The van der Waals surface area contributed by atoms with Gasteiger partial charge in [0.1, 0.15) is 11.8 Å². The van der Waals surface area contributed by atoms with E-state index in [2.05, 4.69) is 23.8 Å². The predicted molar refractivity (Wildman–Crippen MR) is 131 cm³/mol. The van der Waals surface area contributed by atoms with Gasteiger partial charge in [0, 0.05) is 41.3 Å². The number of fused-ring (bicyclic) bond motifs is 2. The molecule has 2 heterocycles. The lowest BCUT2D eigenvalue weighted by Crippen LogP contribution is -2.10. The molecule has 4 aromatic rings. The maximum absolute atomic E-state index is 10.5. The molecular formula is C24H25ClN4O4. The van der Waals surface area contributed by atoms with E-state index in [0.717, 1.165) is 23.2 Å². The summed E-state index contributed by atoms with van der Waals surface area (Å²) in [5.74, 6) is 1.16. The van der Waals surface area contributed by atoms with Gasteiger partial charge in [-0.05, 0) is 48.4 Å². The Morgan fingerprint density at radius 2 is 1.67 bits per heavy atom. The zero-order chi connectivity index (χ0) is 23.8. The Labute approximate surface area is 196 Å². The van der Waals surface area contributed by atoms with Crippen molar-refractivity contribution in [2.24, 2.45) is 5.92 Å². The molecule has 0 radical (unpaired) electrons. The average Bonchev–Trinajstić information content (AvgIpc) is 2.78. The van der Waals surface area contributed by atoms with Crippen molar-refractivity contribution in [3.63, 3.8) is 0 Å². The highest BCUT2D eigenvalue weighted by atomic mass is 35.5. The third-order valence-corrected chi connectivity index (χ3v) is 4.68. The molecule has 0 saturated heterocycles. The monoisotopic (exact) mass is 468 g/mol. The van der Waals surface area contributed by atoms with Gasteiger partial charge in [-0.25, -0.2) is 9.97 Å². The third-order valence-electron chi connectivity index (χ3n) is 4.47. The molecule has 172 valence electrons. The summed E-state index contributed by atoms with van der Waals surface area (Å²) >= 11 is 5.68. The zero-order valence-electron chi connectivity index (χ0n) is 18.4. The number of non-ortho nitro benzene ring substituents is 1. The number of anilines is 1. The number of benzene rings is 2. The van der Waals surface area contributed by atoms with Crippen molar-refractivity contribution in [3.05, 3.63) is 75.9 Å². The van der Waals surface area contributed by atoms with Crippen LogP contribution in [0.4, 0.5) is 11.4 Å². The molecule has 2 aromatic carbocycles. The number of halogens is 1. The van der Waals surface area contributed by atoms with Gasteiger partial charge in [-0.2, -0.15) is 0 Å². The molecule has 0 amide bonds. The Kier molecular flexibility index (Phi) is 8.34. The van der Waals surface area contributed by atoms with Crippen LogP contribution in [-0.2, 0) is 4.74 Å². The molecule has 0 aliphatic heterocycles. The molecule has 0 bridgehead atoms. The first-order valence-electron chi connectivity index (χ1n) is 10.4. The van der Waals surface area contributed by atoms with Crippen LogP contribution in [-0.4, -0.2) is 34.7 Å². The fourth-order valence-corrected chi connectivity index (χ4v) is 3.09. The van der Waals surface area contributed by atoms with Crippen LogP contribution < -0.4 is 10.5 Å². The summed E-state index contributed by atoms with van der Waals surface area (Å²) in [6.45, 7) is 6.10. The van der Waals surface area contributed by atoms with E-state index in [1.54, 1.807) is 18.2 Å². The van der Waals surface area contributed by atoms with E-state index in [9.17, 15) is 10.1 Å². The van der Waals surface area contributed by atoms with Crippen molar-refractivity contribution in [3.8, 4) is 5.88 Å². The van der Waals surface area contributed by atoms with Crippen LogP contribution in [0.3, 0.4) is 0 Å². The quantitative estimate of drug-likeness (QED) is 0.122. The molecule has 0 aliphatic rings. The number of nitrogens with two attached hydrogens (primary N) is 1. The van der Waals surface area contributed by atoms with E-state index in [1.807, 2.05) is 30.3 Å². The Balaban J connectivity index is 0.000000194. The van der Waals surface area contributed by atoms with Crippen molar-refractivity contribution in [2.45, 2.75) is 13.8 Å². The topological polar surface area (TPSA) is 113 Å². The number of nitrogen functional groups attached to an aromatic ring is 1. The molecule has 2 aromatic heterocycles. The maximum Gasteiger partial charge on any atom is 0.270 e. The lowest BCUT2D eigenvalue weighted by Gasteiger charge is -2.08. The minimum absolute atomic E-state index is 0.0571. The summed E-state index contributed by atoms with van der Waals surface area (Å²) in [5, 5.41) is 12.6. The van der Waals surface area contributed by atoms with Crippen LogP contribution in [0.1, 0.15) is 13.8 Å². The van der Waals surface area contributed by atoms with Crippen molar-refractivity contribution < 1.29 is 14.4 Å². The van der Waals surface area contributed by atoms with Crippen molar-refractivity contribution in [2.75, 3.05) is 25.6 Å². The lowest BCUT2D eigenvalue weighted by atomic mass is 10.2. The van der Waals surface area contributed by atoms with Crippen LogP contribution in [0.25, 0.3) is 21.8 Å². The van der Waals surface area contributed by atoms with E-state index >= 15 is 0 Å². The van der Waals surface area contributed by atoms with Gasteiger partial charge in [-0.1, -0.05) is 25.4 Å². The fraction of sp³-hybridized carbons (Fsp3) is 0.250. The molecule has 8 nitrogen and oxygen atoms in total.